The molecule has 1 aliphatic rings. The highest BCUT2D eigenvalue weighted by Gasteiger charge is 2.40. The van der Waals surface area contributed by atoms with Crippen molar-refractivity contribution in [2.24, 2.45) is 5.41 Å². The predicted octanol–water partition coefficient (Wildman–Crippen LogP) is 1.22. The van der Waals surface area contributed by atoms with Crippen LogP contribution in [0.5, 0.6) is 0 Å². The van der Waals surface area contributed by atoms with Crippen LogP contribution in [0.2, 0.25) is 0 Å². The fraction of sp³-hybridized carbons (Fsp3) is 0.875. The SMILES string of the molecule is CCC1(CNC(=O)CS)CC1. The van der Waals surface area contributed by atoms with Crippen LogP contribution in [0.4, 0.5) is 0 Å². The van der Waals surface area contributed by atoms with E-state index in [-0.39, 0.29) is 5.91 Å². The summed E-state index contributed by atoms with van der Waals surface area (Å²) in [7, 11) is 0. The van der Waals surface area contributed by atoms with Crippen molar-refractivity contribution in [1.29, 1.82) is 0 Å². The highest BCUT2D eigenvalue weighted by atomic mass is 32.1. The first-order valence-corrected chi connectivity index (χ1v) is 4.73. The van der Waals surface area contributed by atoms with Crippen molar-refractivity contribution in [3.63, 3.8) is 0 Å². The molecule has 1 fully saturated rings. The molecule has 0 aliphatic heterocycles. The molecule has 11 heavy (non-hydrogen) atoms. The molecule has 2 nitrogen and oxygen atoms in total. The van der Waals surface area contributed by atoms with E-state index in [9.17, 15) is 4.79 Å². The molecule has 0 aromatic carbocycles. The second-order valence-electron chi connectivity index (χ2n) is 3.29. The van der Waals surface area contributed by atoms with Gasteiger partial charge in [0.2, 0.25) is 5.91 Å². The molecule has 0 aromatic heterocycles. The first kappa shape index (κ1) is 8.91. The third-order valence-corrected chi connectivity index (χ3v) is 2.80. The number of rotatable bonds is 4. The van der Waals surface area contributed by atoms with Crippen molar-refractivity contribution in [2.75, 3.05) is 12.3 Å². The fourth-order valence-electron chi connectivity index (χ4n) is 1.17. The molecule has 1 N–H and O–H groups in total. The quantitative estimate of drug-likeness (QED) is 0.615. The summed E-state index contributed by atoms with van der Waals surface area (Å²) in [5, 5.41) is 2.87. The molecule has 1 amide bonds. The van der Waals surface area contributed by atoms with Gasteiger partial charge in [-0.3, -0.25) is 4.79 Å². The Morgan fingerprint density at radius 2 is 2.27 bits per heavy atom. The van der Waals surface area contributed by atoms with E-state index in [1.807, 2.05) is 0 Å². The van der Waals surface area contributed by atoms with Gasteiger partial charge in [0.25, 0.3) is 0 Å². The Labute approximate surface area is 73.2 Å². The number of amides is 1. The second kappa shape index (κ2) is 3.48. The fourth-order valence-corrected chi connectivity index (χ4v) is 1.29. The van der Waals surface area contributed by atoms with Crippen LogP contribution in [0, 0.1) is 5.41 Å². The minimum absolute atomic E-state index is 0.0491. The van der Waals surface area contributed by atoms with Crippen molar-refractivity contribution in [1.82, 2.24) is 5.32 Å². The molecule has 0 aromatic rings. The molecule has 1 saturated carbocycles. The van der Waals surface area contributed by atoms with Crippen LogP contribution in [0.15, 0.2) is 0 Å². The zero-order valence-electron chi connectivity index (χ0n) is 6.89. The standard InChI is InChI=1S/C8H15NOS/c1-2-8(3-4-8)6-9-7(10)5-11/h11H,2-6H2,1H3,(H,9,10). The van der Waals surface area contributed by atoms with Gasteiger partial charge in [-0.05, 0) is 24.7 Å². The molecule has 1 rings (SSSR count). The molecule has 3 heteroatoms. The van der Waals surface area contributed by atoms with Gasteiger partial charge in [0.05, 0.1) is 5.75 Å². The highest BCUT2D eigenvalue weighted by Crippen LogP contribution is 2.47. The summed E-state index contributed by atoms with van der Waals surface area (Å²) in [5.41, 5.74) is 0.457. The van der Waals surface area contributed by atoms with Crippen LogP contribution < -0.4 is 5.32 Å². The van der Waals surface area contributed by atoms with Gasteiger partial charge >= 0.3 is 0 Å². The maximum Gasteiger partial charge on any atom is 0.229 e. The smallest absolute Gasteiger partial charge is 0.229 e. The molecule has 0 atom stereocenters. The summed E-state index contributed by atoms with van der Waals surface area (Å²) in [5.74, 6) is 0.354. The Bertz CT molecular complexity index is 154. The van der Waals surface area contributed by atoms with E-state index < -0.39 is 0 Å². The zero-order chi connectivity index (χ0) is 8.32. The van der Waals surface area contributed by atoms with Gasteiger partial charge in [-0.15, -0.1) is 0 Å². The van der Waals surface area contributed by atoms with Crippen LogP contribution in [-0.2, 0) is 4.79 Å². The summed E-state index contributed by atoms with van der Waals surface area (Å²) >= 11 is 3.88. The van der Waals surface area contributed by atoms with E-state index in [1.165, 1.54) is 19.3 Å². The molecule has 64 valence electrons. The summed E-state index contributed by atoms with van der Waals surface area (Å²) in [4.78, 5) is 10.8. The van der Waals surface area contributed by atoms with Gasteiger partial charge in [-0.1, -0.05) is 6.92 Å². The van der Waals surface area contributed by atoms with Gasteiger partial charge in [-0.25, -0.2) is 0 Å². The zero-order valence-corrected chi connectivity index (χ0v) is 7.79. The van der Waals surface area contributed by atoms with E-state index in [0.717, 1.165) is 6.54 Å². The Balaban J connectivity index is 2.16. The summed E-state index contributed by atoms with van der Waals surface area (Å²) < 4.78 is 0. The van der Waals surface area contributed by atoms with Crippen LogP contribution in [0.25, 0.3) is 0 Å². The average Bonchev–Trinajstić information content (AvgIpc) is 2.81. The third kappa shape index (κ3) is 2.40. The molecule has 0 spiro atoms. The minimum atomic E-state index is 0.0491. The second-order valence-corrected chi connectivity index (χ2v) is 3.60. The molecular formula is C8H15NOS. The first-order valence-electron chi connectivity index (χ1n) is 4.10. The topological polar surface area (TPSA) is 29.1 Å². The molecule has 0 saturated heterocycles. The largest absolute Gasteiger partial charge is 0.355 e. The van der Waals surface area contributed by atoms with Crippen LogP contribution in [-0.4, -0.2) is 18.2 Å². The summed E-state index contributed by atoms with van der Waals surface area (Å²) in [6, 6.07) is 0. The third-order valence-electron chi connectivity index (χ3n) is 2.51. The normalized spacial score (nSPS) is 19.5. The van der Waals surface area contributed by atoms with Gasteiger partial charge in [0.15, 0.2) is 0 Å². The van der Waals surface area contributed by atoms with E-state index in [1.54, 1.807) is 0 Å². The maximum atomic E-state index is 10.8. The van der Waals surface area contributed by atoms with E-state index in [4.69, 9.17) is 0 Å². The Kier molecular flexibility index (Phi) is 2.82. The molecule has 0 heterocycles. The van der Waals surface area contributed by atoms with Crippen LogP contribution in [0.1, 0.15) is 26.2 Å². The molecule has 1 aliphatic carbocycles. The number of carbonyl (C=O) groups excluding carboxylic acids is 1. The maximum absolute atomic E-state index is 10.8. The Morgan fingerprint density at radius 1 is 1.64 bits per heavy atom. The van der Waals surface area contributed by atoms with Crippen LogP contribution >= 0.6 is 12.6 Å². The van der Waals surface area contributed by atoms with E-state index in [0.29, 0.717) is 11.2 Å². The average molecular weight is 173 g/mol. The van der Waals surface area contributed by atoms with Crippen molar-refractivity contribution in [3.05, 3.63) is 0 Å². The number of hydrogen-bond donors (Lipinski definition) is 2. The lowest BCUT2D eigenvalue weighted by atomic mass is 10.0. The summed E-state index contributed by atoms with van der Waals surface area (Å²) in [6.45, 7) is 3.03. The number of carbonyl (C=O) groups is 1. The Hall–Kier alpha value is -0.180. The van der Waals surface area contributed by atoms with Crippen molar-refractivity contribution in [3.8, 4) is 0 Å². The van der Waals surface area contributed by atoms with Crippen molar-refractivity contribution in [2.45, 2.75) is 26.2 Å². The highest BCUT2D eigenvalue weighted by molar-refractivity contribution is 7.81. The van der Waals surface area contributed by atoms with Gasteiger partial charge in [0.1, 0.15) is 0 Å². The van der Waals surface area contributed by atoms with Gasteiger partial charge < -0.3 is 5.32 Å². The lowest BCUT2D eigenvalue weighted by Gasteiger charge is -2.12. The van der Waals surface area contributed by atoms with Gasteiger partial charge in [-0.2, -0.15) is 12.6 Å². The summed E-state index contributed by atoms with van der Waals surface area (Å²) in [6.07, 6.45) is 3.73. The molecule has 0 bridgehead atoms. The molecular weight excluding hydrogens is 158 g/mol. The lowest BCUT2D eigenvalue weighted by Crippen LogP contribution is -2.30. The monoisotopic (exact) mass is 173 g/mol. The predicted molar refractivity (Wildman–Crippen MR) is 48.8 cm³/mol. The van der Waals surface area contributed by atoms with Crippen LogP contribution in [0.3, 0.4) is 0 Å². The first-order chi connectivity index (χ1) is 5.22. The lowest BCUT2D eigenvalue weighted by molar-refractivity contribution is -0.118. The number of thiol groups is 1. The van der Waals surface area contributed by atoms with Gasteiger partial charge in [0, 0.05) is 6.54 Å². The van der Waals surface area contributed by atoms with Crippen molar-refractivity contribution >= 4 is 18.5 Å². The molecule has 0 unspecified atom stereocenters. The van der Waals surface area contributed by atoms with Crippen molar-refractivity contribution < 1.29 is 4.79 Å². The van der Waals surface area contributed by atoms with E-state index in [2.05, 4.69) is 24.9 Å². The minimum Gasteiger partial charge on any atom is -0.355 e. The Morgan fingerprint density at radius 3 is 2.64 bits per heavy atom. The molecule has 0 radical (unpaired) electrons. The number of nitrogens with one attached hydrogen (secondary N) is 1. The van der Waals surface area contributed by atoms with E-state index >= 15 is 0 Å². The number of hydrogen-bond acceptors (Lipinski definition) is 2.